The highest BCUT2D eigenvalue weighted by Crippen LogP contribution is 2.33. The molecule has 0 heterocycles. The Morgan fingerprint density at radius 3 is 2.56 bits per heavy atom. The minimum Gasteiger partial charge on any atom is -0.480 e. The van der Waals surface area contributed by atoms with Gasteiger partial charge < -0.3 is 20.8 Å². The van der Waals surface area contributed by atoms with Gasteiger partial charge in [0, 0.05) is 6.54 Å². The van der Waals surface area contributed by atoms with Gasteiger partial charge in [-0.1, -0.05) is 12.8 Å². The van der Waals surface area contributed by atoms with Crippen molar-refractivity contribution in [1.29, 1.82) is 0 Å². The zero-order chi connectivity index (χ0) is 12.0. The van der Waals surface area contributed by atoms with E-state index in [9.17, 15) is 9.59 Å². The van der Waals surface area contributed by atoms with Gasteiger partial charge >= 0.3 is 12.0 Å². The molecule has 92 valence electrons. The molecule has 1 fully saturated rings. The van der Waals surface area contributed by atoms with Gasteiger partial charge in [-0.05, 0) is 18.8 Å². The molecule has 6 heteroatoms. The van der Waals surface area contributed by atoms with Crippen LogP contribution in [0.2, 0.25) is 0 Å². The van der Waals surface area contributed by atoms with Gasteiger partial charge in [-0.15, -0.1) is 0 Å². The Bertz CT molecular complexity index is 253. The average Bonchev–Trinajstić information content (AvgIpc) is 3.04. The van der Waals surface area contributed by atoms with Crippen molar-refractivity contribution in [2.45, 2.75) is 31.7 Å². The van der Waals surface area contributed by atoms with Gasteiger partial charge in [0.2, 0.25) is 0 Å². The Kier molecular flexibility index (Phi) is 5.04. The molecule has 4 N–H and O–H groups in total. The maximum absolute atomic E-state index is 11.2. The van der Waals surface area contributed by atoms with Crippen LogP contribution >= 0.6 is 0 Å². The topological polar surface area (TPSA) is 98.7 Å². The Hall–Kier alpha value is -1.30. The molecule has 1 aliphatic rings. The summed E-state index contributed by atoms with van der Waals surface area (Å²) < 4.78 is 0. The van der Waals surface area contributed by atoms with E-state index in [2.05, 4.69) is 10.6 Å². The molecule has 0 aromatic carbocycles. The highest BCUT2D eigenvalue weighted by atomic mass is 16.4. The molecule has 0 spiro atoms. The number of aliphatic hydroxyl groups is 1. The lowest BCUT2D eigenvalue weighted by molar-refractivity contribution is -0.140. The molecule has 1 saturated carbocycles. The van der Waals surface area contributed by atoms with Crippen LogP contribution in [-0.4, -0.2) is 41.4 Å². The van der Waals surface area contributed by atoms with Crippen molar-refractivity contribution in [3.05, 3.63) is 0 Å². The van der Waals surface area contributed by atoms with E-state index >= 15 is 0 Å². The number of urea groups is 1. The highest BCUT2D eigenvalue weighted by molar-refractivity contribution is 5.82. The molecule has 1 atom stereocenters. The zero-order valence-electron chi connectivity index (χ0n) is 9.11. The molecule has 0 saturated heterocycles. The Balaban J connectivity index is 2.06. The van der Waals surface area contributed by atoms with E-state index in [1.165, 1.54) is 12.8 Å². The molecule has 2 amide bonds. The molecule has 0 aliphatic heterocycles. The molecule has 0 aromatic rings. The molecule has 1 rings (SSSR count). The first kappa shape index (κ1) is 12.8. The maximum atomic E-state index is 11.2. The van der Waals surface area contributed by atoms with Gasteiger partial charge in [-0.3, -0.25) is 0 Å². The fourth-order valence-electron chi connectivity index (χ4n) is 1.39. The van der Waals surface area contributed by atoms with Gasteiger partial charge in [-0.2, -0.15) is 0 Å². The first-order valence-electron chi connectivity index (χ1n) is 5.51. The number of hydrogen-bond acceptors (Lipinski definition) is 3. The van der Waals surface area contributed by atoms with E-state index in [1.54, 1.807) is 0 Å². The molecule has 0 radical (unpaired) electrons. The zero-order valence-corrected chi connectivity index (χ0v) is 9.11. The third-order valence-electron chi connectivity index (χ3n) is 2.56. The highest BCUT2D eigenvalue weighted by Gasteiger charge is 2.21. The number of rotatable bonds is 7. The third-order valence-corrected chi connectivity index (χ3v) is 2.56. The van der Waals surface area contributed by atoms with Gasteiger partial charge in [0.25, 0.3) is 0 Å². The van der Waals surface area contributed by atoms with E-state index in [0.717, 1.165) is 18.8 Å². The van der Waals surface area contributed by atoms with Crippen LogP contribution in [0.15, 0.2) is 0 Å². The van der Waals surface area contributed by atoms with Crippen molar-refractivity contribution in [2.75, 3.05) is 13.2 Å². The lowest BCUT2D eigenvalue weighted by Crippen LogP contribution is -2.48. The van der Waals surface area contributed by atoms with Gasteiger partial charge in [0.05, 0.1) is 6.61 Å². The van der Waals surface area contributed by atoms with Crippen LogP contribution in [-0.2, 0) is 4.79 Å². The van der Waals surface area contributed by atoms with Gasteiger partial charge in [0.15, 0.2) is 6.04 Å². The fourth-order valence-corrected chi connectivity index (χ4v) is 1.39. The number of carboxylic acids is 1. The molecular weight excluding hydrogens is 212 g/mol. The summed E-state index contributed by atoms with van der Waals surface area (Å²) in [4.78, 5) is 21.7. The average molecular weight is 230 g/mol. The number of aliphatic hydroxyl groups excluding tert-OH is 1. The van der Waals surface area contributed by atoms with Crippen molar-refractivity contribution in [3.63, 3.8) is 0 Å². The Morgan fingerprint density at radius 1 is 1.38 bits per heavy atom. The van der Waals surface area contributed by atoms with Crippen LogP contribution in [0.1, 0.15) is 25.7 Å². The lowest BCUT2D eigenvalue weighted by Gasteiger charge is -2.12. The number of amides is 2. The quantitative estimate of drug-likeness (QED) is 0.460. The van der Waals surface area contributed by atoms with Crippen LogP contribution in [0, 0.1) is 5.92 Å². The predicted molar refractivity (Wildman–Crippen MR) is 57.0 cm³/mol. The van der Waals surface area contributed by atoms with Crippen molar-refractivity contribution in [3.8, 4) is 0 Å². The molecular formula is C10H18N2O4. The summed E-state index contributed by atoms with van der Waals surface area (Å²) in [5, 5.41) is 22.0. The number of aliphatic carboxylic acids is 1. The van der Waals surface area contributed by atoms with Crippen LogP contribution in [0.3, 0.4) is 0 Å². The van der Waals surface area contributed by atoms with Crippen molar-refractivity contribution in [1.82, 2.24) is 10.6 Å². The van der Waals surface area contributed by atoms with E-state index in [0.29, 0.717) is 6.54 Å². The van der Waals surface area contributed by atoms with Crippen molar-refractivity contribution in [2.24, 2.45) is 5.92 Å². The molecule has 0 bridgehead atoms. The smallest absolute Gasteiger partial charge is 0.328 e. The molecule has 16 heavy (non-hydrogen) atoms. The molecule has 6 nitrogen and oxygen atoms in total. The minimum absolute atomic E-state index is 0.542. The summed E-state index contributed by atoms with van der Waals surface area (Å²) in [5.41, 5.74) is 0. The number of carbonyl (C=O) groups excluding carboxylic acids is 1. The van der Waals surface area contributed by atoms with Crippen LogP contribution in [0.4, 0.5) is 4.79 Å². The van der Waals surface area contributed by atoms with E-state index in [1.807, 2.05) is 0 Å². The maximum Gasteiger partial charge on any atom is 0.328 e. The normalized spacial score (nSPS) is 16.6. The number of carboxylic acid groups (broad SMARTS) is 1. The summed E-state index contributed by atoms with van der Waals surface area (Å²) in [6.07, 6.45) is 4.60. The summed E-state index contributed by atoms with van der Waals surface area (Å²) >= 11 is 0. The van der Waals surface area contributed by atoms with Gasteiger partial charge in [-0.25, -0.2) is 9.59 Å². The van der Waals surface area contributed by atoms with Gasteiger partial charge in [0.1, 0.15) is 0 Å². The second kappa shape index (κ2) is 6.32. The van der Waals surface area contributed by atoms with Crippen molar-refractivity contribution < 1.29 is 19.8 Å². The first-order chi connectivity index (χ1) is 7.63. The Morgan fingerprint density at radius 2 is 2.06 bits per heavy atom. The van der Waals surface area contributed by atoms with Crippen LogP contribution < -0.4 is 10.6 Å². The monoisotopic (exact) mass is 230 g/mol. The summed E-state index contributed by atoms with van der Waals surface area (Å²) in [6, 6.07) is -1.78. The largest absolute Gasteiger partial charge is 0.480 e. The van der Waals surface area contributed by atoms with E-state index < -0.39 is 24.6 Å². The van der Waals surface area contributed by atoms with E-state index in [-0.39, 0.29) is 0 Å². The lowest BCUT2D eigenvalue weighted by atomic mass is 10.2. The molecule has 0 aromatic heterocycles. The second-order valence-corrected chi connectivity index (χ2v) is 4.06. The van der Waals surface area contributed by atoms with Crippen LogP contribution in [0.25, 0.3) is 0 Å². The minimum atomic E-state index is -1.24. The molecule has 1 aliphatic carbocycles. The summed E-state index contributed by atoms with van der Waals surface area (Å²) in [7, 11) is 0. The summed E-state index contributed by atoms with van der Waals surface area (Å²) in [6.45, 7) is -0.0646. The fraction of sp³-hybridized carbons (Fsp3) is 0.800. The first-order valence-corrected chi connectivity index (χ1v) is 5.51. The summed E-state index contributed by atoms with van der Waals surface area (Å²) in [5.74, 6) is -0.412. The predicted octanol–water partition coefficient (Wildman–Crippen LogP) is -0.0787. The standard InChI is InChI=1S/C10H18N2O4/c13-6-8(9(14)15)12-10(16)11-5-1-2-7-3-4-7/h7-8,13H,1-6H2,(H,14,15)(H2,11,12,16)/t8-/m1/s1. The number of carbonyl (C=O) groups is 2. The number of hydrogen-bond donors (Lipinski definition) is 4. The third kappa shape index (κ3) is 4.97. The second-order valence-electron chi connectivity index (χ2n) is 4.06. The number of nitrogens with one attached hydrogen (secondary N) is 2. The SMILES string of the molecule is O=C(NCCCC1CC1)N[C@H](CO)C(=O)O. The Labute approximate surface area is 94.0 Å². The molecule has 0 unspecified atom stereocenters. The van der Waals surface area contributed by atoms with Crippen molar-refractivity contribution >= 4 is 12.0 Å². The van der Waals surface area contributed by atoms with E-state index in [4.69, 9.17) is 10.2 Å². The van der Waals surface area contributed by atoms with Crippen LogP contribution in [0.5, 0.6) is 0 Å².